The van der Waals surface area contributed by atoms with Crippen molar-refractivity contribution in [1.82, 2.24) is 4.90 Å². The standard InChI is InChI=1S/C13H23NO4/c1-9(8-18-3)14(2)12(15)10-4-6-11(7-5-10)13(16)17/h9-11H,4-8H2,1-3H3,(H,16,17). The third-order valence-corrected chi connectivity index (χ3v) is 3.84. The lowest BCUT2D eigenvalue weighted by molar-refractivity contribution is -0.146. The SMILES string of the molecule is COCC(C)N(C)C(=O)C1CCC(C(=O)O)CC1. The average molecular weight is 257 g/mol. The van der Waals surface area contributed by atoms with Crippen molar-refractivity contribution in [3.8, 4) is 0 Å². The largest absolute Gasteiger partial charge is 0.481 e. The van der Waals surface area contributed by atoms with Crippen LogP contribution in [0.5, 0.6) is 0 Å². The second-order valence-corrected chi connectivity index (χ2v) is 5.14. The molecule has 1 amide bonds. The summed E-state index contributed by atoms with van der Waals surface area (Å²) in [4.78, 5) is 24.8. The van der Waals surface area contributed by atoms with Gasteiger partial charge in [0.05, 0.1) is 18.6 Å². The Bertz CT molecular complexity index is 297. The first kappa shape index (κ1) is 15.0. The van der Waals surface area contributed by atoms with Crippen LogP contribution in [0, 0.1) is 11.8 Å². The van der Waals surface area contributed by atoms with Crippen LogP contribution in [0.2, 0.25) is 0 Å². The summed E-state index contributed by atoms with van der Waals surface area (Å²) in [7, 11) is 3.40. The van der Waals surface area contributed by atoms with E-state index < -0.39 is 5.97 Å². The molecule has 1 fully saturated rings. The highest BCUT2D eigenvalue weighted by molar-refractivity contribution is 5.79. The van der Waals surface area contributed by atoms with Crippen LogP contribution in [0.4, 0.5) is 0 Å². The summed E-state index contributed by atoms with van der Waals surface area (Å²) < 4.78 is 5.04. The zero-order valence-electron chi connectivity index (χ0n) is 11.4. The zero-order chi connectivity index (χ0) is 13.7. The van der Waals surface area contributed by atoms with Crippen molar-refractivity contribution < 1.29 is 19.4 Å². The summed E-state index contributed by atoms with van der Waals surface area (Å²) in [5.74, 6) is -0.911. The highest BCUT2D eigenvalue weighted by atomic mass is 16.5. The lowest BCUT2D eigenvalue weighted by Gasteiger charge is -2.31. The predicted molar refractivity (Wildman–Crippen MR) is 67.2 cm³/mol. The van der Waals surface area contributed by atoms with Crippen LogP contribution in [0.25, 0.3) is 0 Å². The number of carbonyl (C=O) groups is 2. The third kappa shape index (κ3) is 3.70. The molecule has 0 saturated heterocycles. The van der Waals surface area contributed by atoms with E-state index in [2.05, 4.69) is 0 Å². The quantitative estimate of drug-likeness (QED) is 0.807. The van der Waals surface area contributed by atoms with Gasteiger partial charge in [0.2, 0.25) is 5.91 Å². The fourth-order valence-corrected chi connectivity index (χ4v) is 2.45. The molecule has 0 heterocycles. The molecule has 1 aliphatic carbocycles. The molecule has 0 aliphatic heterocycles. The molecule has 0 spiro atoms. The maximum Gasteiger partial charge on any atom is 0.306 e. The van der Waals surface area contributed by atoms with Crippen LogP contribution in [-0.4, -0.2) is 48.7 Å². The molecule has 104 valence electrons. The van der Waals surface area contributed by atoms with Gasteiger partial charge in [0.1, 0.15) is 0 Å². The van der Waals surface area contributed by atoms with Crippen molar-refractivity contribution in [3.63, 3.8) is 0 Å². The van der Waals surface area contributed by atoms with Gasteiger partial charge in [-0.15, -0.1) is 0 Å². The molecule has 18 heavy (non-hydrogen) atoms. The average Bonchev–Trinajstić information content (AvgIpc) is 2.37. The first-order valence-corrected chi connectivity index (χ1v) is 6.45. The van der Waals surface area contributed by atoms with Crippen LogP contribution in [0.3, 0.4) is 0 Å². The Morgan fingerprint density at radius 3 is 2.22 bits per heavy atom. The van der Waals surface area contributed by atoms with Crippen molar-refractivity contribution in [2.24, 2.45) is 11.8 Å². The van der Waals surface area contributed by atoms with Crippen LogP contribution < -0.4 is 0 Å². The van der Waals surface area contributed by atoms with Crippen LogP contribution >= 0.6 is 0 Å². The van der Waals surface area contributed by atoms with Gasteiger partial charge in [0, 0.05) is 20.1 Å². The molecular weight excluding hydrogens is 234 g/mol. The van der Waals surface area contributed by atoms with Gasteiger partial charge in [-0.3, -0.25) is 9.59 Å². The van der Waals surface area contributed by atoms with Crippen molar-refractivity contribution in [2.45, 2.75) is 38.6 Å². The van der Waals surface area contributed by atoms with E-state index in [0.717, 1.165) is 0 Å². The summed E-state index contributed by atoms with van der Waals surface area (Å²) >= 11 is 0. The van der Waals surface area contributed by atoms with E-state index >= 15 is 0 Å². The van der Waals surface area contributed by atoms with Gasteiger partial charge >= 0.3 is 5.97 Å². The topological polar surface area (TPSA) is 66.8 Å². The Labute approximate surface area is 108 Å². The maximum atomic E-state index is 12.2. The van der Waals surface area contributed by atoms with E-state index in [4.69, 9.17) is 9.84 Å². The monoisotopic (exact) mass is 257 g/mol. The Morgan fingerprint density at radius 2 is 1.78 bits per heavy atom. The van der Waals surface area contributed by atoms with Gasteiger partial charge in [-0.25, -0.2) is 0 Å². The Balaban J connectivity index is 2.46. The number of carboxylic acids is 1. The van der Waals surface area contributed by atoms with E-state index in [9.17, 15) is 9.59 Å². The number of carboxylic acid groups (broad SMARTS) is 1. The molecule has 0 aromatic rings. The second-order valence-electron chi connectivity index (χ2n) is 5.14. The molecule has 1 rings (SSSR count). The number of nitrogens with zero attached hydrogens (tertiary/aromatic N) is 1. The molecule has 5 heteroatoms. The van der Waals surface area contributed by atoms with Gasteiger partial charge in [-0.1, -0.05) is 0 Å². The van der Waals surface area contributed by atoms with Crippen LogP contribution in [0.1, 0.15) is 32.6 Å². The van der Waals surface area contributed by atoms with Crippen molar-refractivity contribution in [2.75, 3.05) is 20.8 Å². The molecule has 0 aromatic heterocycles. The number of hydrogen-bond donors (Lipinski definition) is 1. The van der Waals surface area contributed by atoms with E-state index in [1.54, 1.807) is 19.1 Å². The smallest absolute Gasteiger partial charge is 0.306 e. The highest BCUT2D eigenvalue weighted by Gasteiger charge is 2.32. The van der Waals surface area contributed by atoms with E-state index in [1.807, 2.05) is 6.92 Å². The van der Waals surface area contributed by atoms with Gasteiger partial charge in [-0.05, 0) is 32.6 Å². The number of ether oxygens (including phenoxy) is 1. The summed E-state index contributed by atoms with van der Waals surface area (Å²) in [5.41, 5.74) is 0. The molecule has 0 radical (unpaired) electrons. The third-order valence-electron chi connectivity index (χ3n) is 3.84. The second kappa shape index (κ2) is 6.73. The van der Waals surface area contributed by atoms with Gasteiger partial charge in [0.25, 0.3) is 0 Å². The zero-order valence-corrected chi connectivity index (χ0v) is 11.4. The van der Waals surface area contributed by atoms with Gasteiger partial charge in [0.15, 0.2) is 0 Å². The molecule has 5 nitrogen and oxygen atoms in total. The Morgan fingerprint density at radius 1 is 1.28 bits per heavy atom. The van der Waals surface area contributed by atoms with E-state index in [0.29, 0.717) is 32.3 Å². The number of hydrogen-bond acceptors (Lipinski definition) is 3. The Kier molecular flexibility index (Phi) is 5.59. The van der Waals surface area contributed by atoms with E-state index in [-0.39, 0.29) is 23.8 Å². The predicted octanol–water partition coefficient (Wildman–Crippen LogP) is 1.37. The number of aliphatic carboxylic acids is 1. The fourth-order valence-electron chi connectivity index (χ4n) is 2.45. The molecule has 1 unspecified atom stereocenters. The minimum absolute atomic E-state index is 0.0232. The molecule has 0 aromatic carbocycles. The van der Waals surface area contributed by atoms with Crippen LogP contribution in [-0.2, 0) is 14.3 Å². The maximum absolute atomic E-state index is 12.2. The van der Waals surface area contributed by atoms with Crippen molar-refractivity contribution in [3.05, 3.63) is 0 Å². The summed E-state index contributed by atoms with van der Waals surface area (Å²) in [6.07, 6.45) is 2.58. The number of rotatable bonds is 5. The number of likely N-dealkylation sites (N-methyl/N-ethyl adjacent to an activating group) is 1. The minimum Gasteiger partial charge on any atom is -0.481 e. The highest BCUT2D eigenvalue weighted by Crippen LogP contribution is 2.30. The lowest BCUT2D eigenvalue weighted by atomic mass is 9.81. The van der Waals surface area contributed by atoms with Crippen LogP contribution in [0.15, 0.2) is 0 Å². The number of amides is 1. The first-order valence-electron chi connectivity index (χ1n) is 6.45. The molecule has 0 bridgehead atoms. The Hall–Kier alpha value is -1.10. The normalized spacial score (nSPS) is 25.5. The summed E-state index contributed by atoms with van der Waals surface area (Å²) in [6.45, 7) is 2.47. The molecule has 1 atom stereocenters. The molecular formula is C13H23NO4. The lowest BCUT2D eigenvalue weighted by Crippen LogP contribution is -2.42. The summed E-state index contributed by atoms with van der Waals surface area (Å²) in [5, 5.41) is 8.92. The van der Waals surface area contributed by atoms with Gasteiger partial charge < -0.3 is 14.7 Å². The minimum atomic E-state index is -0.734. The fraction of sp³-hybridized carbons (Fsp3) is 0.846. The first-order chi connectivity index (χ1) is 8.47. The van der Waals surface area contributed by atoms with E-state index in [1.165, 1.54) is 0 Å². The molecule has 1 aliphatic rings. The number of carbonyl (C=O) groups excluding carboxylic acids is 1. The summed E-state index contributed by atoms with van der Waals surface area (Å²) in [6, 6.07) is 0.0553. The number of methoxy groups -OCH3 is 1. The van der Waals surface area contributed by atoms with Crippen molar-refractivity contribution in [1.29, 1.82) is 0 Å². The molecule has 1 N–H and O–H groups in total. The van der Waals surface area contributed by atoms with Crippen molar-refractivity contribution >= 4 is 11.9 Å². The van der Waals surface area contributed by atoms with Gasteiger partial charge in [-0.2, -0.15) is 0 Å². The molecule has 1 saturated carbocycles.